The summed E-state index contributed by atoms with van der Waals surface area (Å²) in [6.07, 6.45) is 1.16. The fourth-order valence-corrected chi connectivity index (χ4v) is 3.47. The molecule has 2 amide bonds. The van der Waals surface area contributed by atoms with Crippen LogP contribution in [0.5, 0.6) is 0 Å². The monoisotopic (exact) mass is 354 g/mol. The molecule has 1 aromatic carbocycles. The molecule has 3 N–H and O–H groups in total. The maximum Gasteiger partial charge on any atom is 0.233 e. The highest BCUT2D eigenvalue weighted by Crippen LogP contribution is 2.23. The van der Waals surface area contributed by atoms with E-state index in [4.69, 9.17) is 5.73 Å². The molecule has 3 rings (SSSR count). The lowest BCUT2D eigenvalue weighted by Crippen LogP contribution is -2.42. The molecule has 0 unspecified atom stereocenters. The van der Waals surface area contributed by atoms with Crippen LogP contribution >= 0.6 is 11.8 Å². The van der Waals surface area contributed by atoms with Gasteiger partial charge in [-0.1, -0.05) is 11.8 Å². The number of benzene rings is 1. The zero-order valence-corrected chi connectivity index (χ0v) is 13.5. The number of hydrogen-bond donors (Lipinski definition) is 2. The number of thioether (sulfide) groups is 1. The number of nitrogens with zero attached hydrogens (tertiary/aromatic N) is 2. The van der Waals surface area contributed by atoms with Gasteiger partial charge in [-0.25, -0.2) is 13.8 Å². The molecule has 1 aliphatic heterocycles. The molecule has 1 aliphatic rings. The van der Waals surface area contributed by atoms with Crippen LogP contribution in [0.4, 0.5) is 8.78 Å². The first-order valence-corrected chi connectivity index (χ1v) is 8.47. The normalized spacial score (nSPS) is 15.8. The average molecular weight is 354 g/mol. The van der Waals surface area contributed by atoms with Gasteiger partial charge >= 0.3 is 0 Å². The Labute approximate surface area is 140 Å². The van der Waals surface area contributed by atoms with E-state index in [-0.39, 0.29) is 23.5 Å². The van der Waals surface area contributed by atoms with Crippen molar-refractivity contribution in [3.63, 3.8) is 0 Å². The number of primary amides is 1. The highest BCUT2D eigenvalue weighted by molar-refractivity contribution is 7.99. The molecule has 1 saturated heterocycles. The number of amides is 2. The first-order valence-electron chi connectivity index (χ1n) is 7.48. The Morgan fingerprint density at radius 3 is 2.62 bits per heavy atom. The molecule has 24 heavy (non-hydrogen) atoms. The van der Waals surface area contributed by atoms with Crippen LogP contribution in [-0.4, -0.2) is 45.5 Å². The van der Waals surface area contributed by atoms with E-state index >= 15 is 0 Å². The van der Waals surface area contributed by atoms with Crippen LogP contribution in [-0.2, 0) is 9.59 Å². The lowest BCUT2D eigenvalue weighted by molar-refractivity contribution is -0.132. The van der Waals surface area contributed by atoms with Crippen molar-refractivity contribution < 1.29 is 18.4 Å². The van der Waals surface area contributed by atoms with Gasteiger partial charge in [0.1, 0.15) is 0 Å². The third-order valence-corrected chi connectivity index (χ3v) is 4.94. The van der Waals surface area contributed by atoms with Crippen molar-refractivity contribution in [2.45, 2.75) is 18.0 Å². The van der Waals surface area contributed by atoms with Crippen LogP contribution in [0.2, 0.25) is 0 Å². The van der Waals surface area contributed by atoms with E-state index in [2.05, 4.69) is 9.97 Å². The summed E-state index contributed by atoms with van der Waals surface area (Å²) in [6.45, 7) is 1.01. The number of nitrogens with two attached hydrogens (primary N) is 1. The predicted octanol–water partition coefficient (Wildman–Crippen LogP) is 1.66. The Hall–Kier alpha value is -2.16. The summed E-state index contributed by atoms with van der Waals surface area (Å²) in [5.74, 6) is -2.30. The molecule has 2 heterocycles. The molecule has 0 bridgehead atoms. The summed E-state index contributed by atoms with van der Waals surface area (Å²) >= 11 is 1.17. The molecule has 0 aliphatic carbocycles. The quantitative estimate of drug-likeness (QED) is 0.817. The highest BCUT2D eigenvalue weighted by atomic mass is 32.2. The molecule has 2 aromatic rings. The molecule has 1 fully saturated rings. The van der Waals surface area contributed by atoms with Crippen LogP contribution in [0.3, 0.4) is 0 Å². The molecule has 9 heteroatoms. The molecule has 6 nitrogen and oxygen atoms in total. The number of carbonyl (C=O) groups excluding carboxylic acids is 2. The third-order valence-electron chi connectivity index (χ3n) is 4.08. The SMILES string of the molecule is NC(=O)C1CCN(C(=O)CSc2nc3cc(F)c(F)cc3[nH]2)CC1. The zero-order chi connectivity index (χ0) is 17.3. The largest absolute Gasteiger partial charge is 0.369 e. The number of aromatic amines is 1. The Kier molecular flexibility index (Phi) is 4.70. The van der Waals surface area contributed by atoms with E-state index in [1.54, 1.807) is 4.90 Å². The number of rotatable bonds is 4. The number of carbonyl (C=O) groups is 2. The minimum atomic E-state index is -0.959. The van der Waals surface area contributed by atoms with E-state index in [1.807, 2.05) is 0 Å². The van der Waals surface area contributed by atoms with Crippen LogP contribution < -0.4 is 5.73 Å². The number of fused-ring (bicyclic) bond motifs is 1. The van der Waals surface area contributed by atoms with Gasteiger partial charge in [0.15, 0.2) is 16.8 Å². The van der Waals surface area contributed by atoms with Crippen molar-refractivity contribution in [3.8, 4) is 0 Å². The van der Waals surface area contributed by atoms with Crippen molar-refractivity contribution in [1.29, 1.82) is 0 Å². The number of halogens is 2. The molecule has 0 atom stereocenters. The van der Waals surface area contributed by atoms with Gasteiger partial charge in [-0.2, -0.15) is 0 Å². The summed E-state index contributed by atoms with van der Waals surface area (Å²) in [6, 6.07) is 2.06. The Morgan fingerprint density at radius 2 is 1.96 bits per heavy atom. The van der Waals surface area contributed by atoms with Crippen molar-refractivity contribution in [1.82, 2.24) is 14.9 Å². The standard InChI is InChI=1S/C15H16F2N4O2S/c16-9-5-11-12(6-10(9)17)20-15(19-11)24-7-13(22)21-3-1-8(2-4-21)14(18)23/h5-6,8H,1-4,7H2,(H2,18,23)(H,19,20). The third kappa shape index (κ3) is 3.50. The van der Waals surface area contributed by atoms with Crippen molar-refractivity contribution >= 4 is 34.6 Å². The van der Waals surface area contributed by atoms with Crippen LogP contribution in [0.25, 0.3) is 11.0 Å². The lowest BCUT2D eigenvalue weighted by Gasteiger charge is -2.30. The van der Waals surface area contributed by atoms with Crippen LogP contribution in [0.15, 0.2) is 17.3 Å². The van der Waals surface area contributed by atoms with E-state index in [0.29, 0.717) is 42.1 Å². The molecular weight excluding hydrogens is 338 g/mol. The number of piperidine rings is 1. The van der Waals surface area contributed by atoms with Gasteiger partial charge in [0.2, 0.25) is 11.8 Å². The Bertz CT molecular complexity index is 748. The number of aromatic nitrogens is 2. The first-order chi connectivity index (χ1) is 11.4. The number of likely N-dealkylation sites (tertiary alicyclic amines) is 1. The maximum atomic E-state index is 13.2. The minimum absolute atomic E-state index is 0.0688. The maximum absolute atomic E-state index is 13.2. The summed E-state index contributed by atoms with van der Waals surface area (Å²) in [5, 5.41) is 0.426. The number of hydrogen-bond acceptors (Lipinski definition) is 4. The van der Waals surface area contributed by atoms with Gasteiger partial charge in [0, 0.05) is 31.1 Å². The molecule has 0 saturated carbocycles. The Balaban J connectivity index is 1.58. The van der Waals surface area contributed by atoms with E-state index in [1.165, 1.54) is 11.8 Å². The van der Waals surface area contributed by atoms with E-state index in [0.717, 1.165) is 12.1 Å². The van der Waals surface area contributed by atoms with Gasteiger partial charge in [0.25, 0.3) is 0 Å². The number of imidazole rings is 1. The fraction of sp³-hybridized carbons (Fsp3) is 0.400. The predicted molar refractivity (Wildman–Crippen MR) is 85.2 cm³/mol. The van der Waals surface area contributed by atoms with Crippen molar-refractivity contribution in [2.24, 2.45) is 11.7 Å². The van der Waals surface area contributed by atoms with Gasteiger partial charge in [0.05, 0.1) is 16.8 Å². The number of H-pyrrole nitrogens is 1. The van der Waals surface area contributed by atoms with Gasteiger partial charge < -0.3 is 15.6 Å². The molecule has 1 aromatic heterocycles. The van der Waals surface area contributed by atoms with Gasteiger partial charge in [-0.3, -0.25) is 9.59 Å². The smallest absolute Gasteiger partial charge is 0.233 e. The fourth-order valence-electron chi connectivity index (χ4n) is 2.68. The average Bonchev–Trinajstić information content (AvgIpc) is 2.94. The van der Waals surface area contributed by atoms with E-state index < -0.39 is 11.6 Å². The van der Waals surface area contributed by atoms with Crippen molar-refractivity contribution in [3.05, 3.63) is 23.8 Å². The van der Waals surface area contributed by atoms with E-state index in [9.17, 15) is 18.4 Å². The van der Waals surface area contributed by atoms with Crippen LogP contribution in [0.1, 0.15) is 12.8 Å². The summed E-state index contributed by atoms with van der Waals surface area (Å²) in [5.41, 5.74) is 5.96. The summed E-state index contributed by atoms with van der Waals surface area (Å²) in [4.78, 5) is 32.0. The zero-order valence-electron chi connectivity index (χ0n) is 12.7. The topological polar surface area (TPSA) is 92.1 Å². The summed E-state index contributed by atoms with van der Waals surface area (Å²) < 4.78 is 26.4. The number of nitrogens with one attached hydrogen (secondary N) is 1. The lowest BCUT2D eigenvalue weighted by atomic mass is 9.96. The van der Waals surface area contributed by atoms with Crippen molar-refractivity contribution in [2.75, 3.05) is 18.8 Å². The second-order valence-electron chi connectivity index (χ2n) is 5.67. The second kappa shape index (κ2) is 6.76. The second-order valence-corrected chi connectivity index (χ2v) is 6.64. The minimum Gasteiger partial charge on any atom is -0.369 e. The highest BCUT2D eigenvalue weighted by Gasteiger charge is 2.25. The molecule has 0 radical (unpaired) electrons. The first kappa shape index (κ1) is 16.7. The van der Waals surface area contributed by atoms with Gasteiger partial charge in [-0.15, -0.1) is 0 Å². The molecule has 128 valence electrons. The molecule has 0 spiro atoms. The Morgan fingerprint density at radius 1 is 1.29 bits per heavy atom. The van der Waals surface area contributed by atoms with Crippen LogP contribution in [0, 0.1) is 17.6 Å². The molecular formula is C15H16F2N4O2S. The summed E-state index contributed by atoms with van der Waals surface area (Å²) in [7, 11) is 0. The van der Waals surface area contributed by atoms with Gasteiger partial charge in [-0.05, 0) is 12.8 Å².